The van der Waals surface area contributed by atoms with Gasteiger partial charge in [-0.25, -0.2) is 0 Å². The van der Waals surface area contributed by atoms with Gasteiger partial charge in [0.05, 0.1) is 0 Å². The molecule has 0 aliphatic heterocycles. The van der Waals surface area contributed by atoms with Crippen molar-refractivity contribution in [3.8, 4) is 0 Å². The number of nitrogens with zero attached hydrogens (tertiary/aromatic N) is 1. The van der Waals surface area contributed by atoms with Crippen LogP contribution in [-0.4, -0.2) is 24.0 Å². The Labute approximate surface area is 122 Å². The van der Waals surface area contributed by atoms with Gasteiger partial charge in [0.2, 0.25) is 0 Å². The molecule has 1 fully saturated rings. The molecule has 0 spiro atoms. The van der Waals surface area contributed by atoms with E-state index >= 15 is 0 Å². The minimum Gasteiger partial charge on any atom is -0.329 e. The van der Waals surface area contributed by atoms with Gasteiger partial charge in [-0.2, -0.15) is 0 Å². The predicted molar refractivity (Wildman–Crippen MR) is 84.4 cm³/mol. The molecule has 0 unspecified atom stereocenters. The van der Waals surface area contributed by atoms with Gasteiger partial charge in [0, 0.05) is 23.5 Å². The van der Waals surface area contributed by atoms with E-state index in [0.29, 0.717) is 0 Å². The highest BCUT2D eigenvalue weighted by molar-refractivity contribution is 7.09. The van der Waals surface area contributed by atoms with Crippen LogP contribution in [0.25, 0.3) is 0 Å². The third-order valence-corrected chi connectivity index (χ3v) is 5.93. The van der Waals surface area contributed by atoms with Gasteiger partial charge in [-0.3, -0.25) is 4.90 Å². The maximum absolute atomic E-state index is 6.15. The lowest BCUT2D eigenvalue weighted by molar-refractivity contribution is 0.0505. The molecule has 3 heteroatoms. The molecule has 1 aliphatic carbocycles. The van der Waals surface area contributed by atoms with Crippen LogP contribution in [0.2, 0.25) is 0 Å². The first kappa shape index (κ1) is 15.0. The lowest BCUT2D eigenvalue weighted by Gasteiger charge is -2.46. The van der Waals surface area contributed by atoms with E-state index in [4.69, 9.17) is 5.73 Å². The Kier molecular flexibility index (Phi) is 5.04. The quantitative estimate of drug-likeness (QED) is 0.890. The van der Waals surface area contributed by atoms with Crippen molar-refractivity contribution in [3.63, 3.8) is 0 Å². The molecule has 19 heavy (non-hydrogen) atoms. The Bertz CT molecular complexity index is 364. The highest BCUT2D eigenvalue weighted by Gasteiger charge is 2.38. The van der Waals surface area contributed by atoms with Crippen molar-refractivity contribution < 1.29 is 0 Å². The second-order valence-corrected chi connectivity index (χ2v) is 7.48. The van der Waals surface area contributed by atoms with Gasteiger partial charge >= 0.3 is 0 Å². The SMILES string of the molecule is CC(C)C1CCC(CN)(N(C)Cc2cccs2)CC1. The molecule has 1 aromatic heterocycles. The third-order valence-electron chi connectivity index (χ3n) is 5.07. The van der Waals surface area contributed by atoms with Crippen molar-refractivity contribution >= 4 is 11.3 Å². The van der Waals surface area contributed by atoms with Crippen molar-refractivity contribution in [3.05, 3.63) is 22.4 Å². The normalized spacial score (nSPS) is 28.2. The Morgan fingerprint density at radius 2 is 2.11 bits per heavy atom. The maximum atomic E-state index is 6.15. The first-order valence-corrected chi connectivity index (χ1v) is 8.39. The van der Waals surface area contributed by atoms with E-state index < -0.39 is 0 Å². The molecule has 1 aliphatic rings. The van der Waals surface area contributed by atoms with Gasteiger partial charge in [0.25, 0.3) is 0 Å². The summed E-state index contributed by atoms with van der Waals surface area (Å²) in [5.74, 6) is 1.72. The van der Waals surface area contributed by atoms with Crippen LogP contribution in [-0.2, 0) is 6.54 Å². The van der Waals surface area contributed by atoms with E-state index in [1.807, 2.05) is 11.3 Å². The topological polar surface area (TPSA) is 29.3 Å². The van der Waals surface area contributed by atoms with E-state index in [-0.39, 0.29) is 5.54 Å². The van der Waals surface area contributed by atoms with E-state index in [1.165, 1.54) is 30.6 Å². The van der Waals surface area contributed by atoms with Crippen molar-refractivity contribution in [2.24, 2.45) is 17.6 Å². The van der Waals surface area contributed by atoms with Gasteiger partial charge in [0.15, 0.2) is 0 Å². The average Bonchev–Trinajstić information content (AvgIpc) is 2.91. The van der Waals surface area contributed by atoms with Crippen molar-refractivity contribution in [2.45, 2.75) is 51.6 Å². The molecule has 2 rings (SSSR count). The molecule has 0 saturated heterocycles. The van der Waals surface area contributed by atoms with Crippen LogP contribution < -0.4 is 5.73 Å². The summed E-state index contributed by atoms with van der Waals surface area (Å²) in [5, 5.41) is 2.16. The van der Waals surface area contributed by atoms with Gasteiger partial charge in [-0.15, -0.1) is 11.3 Å². The minimum absolute atomic E-state index is 0.232. The highest BCUT2D eigenvalue weighted by atomic mass is 32.1. The van der Waals surface area contributed by atoms with Crippen LogP contribution in [0.4, 0.5) is 0 Å². The molecule has 0 amide bonds. The van der Waals surface area contributed by atoms with E-state index in [9.17, 15) is 0 Å². The van der Waals surface area contributed by atoms with E-state index in [0.717, 1.165) is 24.9 Å². The molecular formula is C16H28N2S. The fourth-order valence-electron chi connectivity index (χ4n) is 3.39. The van der Waals surface area contributed by atoms with Crippen LogP contribution >= 0.6 is 11.3 Å². The zero-order valence-electron chi connectivity index (χ0n) is 12.6. The molecule has 1 heterocycles. The largest absolute Gasteiger partial charge is 0.329 e. The molecule has 0 atom stereocenters. The molecule has 1 aromatic rings. The van der Waals surface area contributed by atoms with Gasteiger partial charge < -0.3 is 5.73 Å². The number of hydrogen-bond acceptors (Lipinski definition) is 3. The highest BCUT2D eigenvalue weighted by Crippen LogP contribution is 2.39. The van der Waals surface area contributed by atoms with Gasteiger partial charge in [0.1, 0.15) is 0 Å². The lowest BCUT2D eigenvalue weighted by atomic mass is 9.72. The van der Waals surface area contributed by atoms with Crippen LogP contribution in [0.1, 0.15) is 44.4 Å². The monoisotopic (exact) mass is 280 g/mol. The van der Waals surface area contributed by atoms with E-state index in [2.05, 4.69) is 43.3 Å². The summed E-state index contributed by atoms with van der Waals surface area (Å²) in [4.78, 5) is 3.95. The van der Waals surface area contributed by atoms with Crippen LogP contribution in [0.3, 0.4) is 0 Å². The number of thiophene rings is 1. The fourth-order valence-corrected chi connectivity index (χ4v) is 4.15. The smallest absolute Gasteiger partial charge is 0.0332 e. The molecule has 1 saturated carbocycles. The molecule has 0 bridgehead atoms. The fraction of sp³-hybridized carbons (Fsp3) is 0.750. The van der Waals surface area contributed by atoms with Crippen molar-refractivity contribution in [2.75, 3.05) is 13.6 Å². The minimum atomic E-state index is 0.232. The molecular weight excluding hydrogens is 252 g/mol. The van der Waals surface area contributed by atoms with Crippen molar-refractivity contribution in [1.29, 1.82) is 0 Å². The van der Waals surface area contributed by atoms with Crippen molar-refractivity contribution in [1.82, 2.24) is 4.90 Å². The first-order valence-electron chi connectivity index (χ1n) is 7.51. The summed E-state index contributed by atoms with van der Waals surface area (Å²) in [6, 6.07) is 4.36. The summed E-state index contributed by atoms with van der Waals surface area (Å²) in [6.07, 6.45) is 5.19. The Morgan fingerprint density at radius 1 is 1.42 bits per heavy atom. The predicted octanol–water partition coefficient (Wildman–Crippen LogP) is 3.72. The standard InChI is InChI=1S/C16H28N2S/c1-13(2)14-6-8-16(12-17,9-7-14)18(3)11-15-5-4-10-19-15/h4-5,10,13-14H,6-9,11-12,17H2,1-3H3. The second-order valence-electron chi connectivity index (χ2n) is 6.45. The molecule has 0 radical (unpaired) electrons. The summed E-state index contributed by atoms with van der Waals surface area (Å²) < 4.78 is 0. The molecule has 0 aromatic carbocycles. The lowest BCUT2D eigenvalue weighted by Crippen LogP contribution is -2.53. The number of rotatable bonds is 5. The molecule has 108 valence electrons. The Balaban J connectivity index is 1.99. The Hall–Kier alpha value is -0.380. The Morgan fingerprint density at radius 3 is 2.58 bits per heavy atom. The zero-order valence-corrected chi connectivity index (χ0v) is 13.4. The first-order chi connectivity index (χ1) is 9.07. The summed E-state index contributed by atoms with van der Waals surface area (Å²) >= 11 is 1.85. The third kappa shape index (κ3) is 3.39. The van der Waals surface area contributed by atoms with E-state index in [1.54, 1.807) is 0 Å². The zero-order chi connectivity index (χ0) is 13.9. The molecule has 2 nitrogen and oxygen atoms in total. The van der Waals surface area contributed by atoms with Crippen LogP contribution in [0.15, 0.2) is 17.5 Å². The maximum Gasteiger partial charge on any atom is 0.0332 e. The summed E-state index contributed by atoms with van der Waals surface area (Å²) in [7, 11) is 2.25. The number of nitrogens with two attached hydrogens (primary N) is 1. The molecule has 2 N–H and O–H groups in total. The summed E-state index contributed by atoms with van der Waals surface area (Å²) in [5.41, 5.74) is 6.38. The van der Waals surface area contributed by atoms with Gasteiger partial charge in [-0.05, 0) is 56.0 Å². The number of hydrogen-bond donors (Lipinski definition) is 1. The van der Waals surface area contributed by atoms with Crippen LogP contribution in [0, 0.1) is 11.8 Å². The second kappa shape index (κ2) is 6.38. The van der Waals surface area contributed by atoms with Crippen LogP contribution in [0.5, 0.6) is 0 Å². The number of likely N-dealkylation sites (N-methyl/N-ethyl adjacent to an activating group) is 1. The average molecular weight is 280 g/mol. The summed E-state index contributed by atoms with van der Waals surface area (Å²) in [6.45, 7) is 6.55. The van der Waals surface area contributed by atoms with Gasteiger partial charge in [-0.1, -0.05) is 19.9 Å².